The van der Waals surface area contributed by atoms with E-state index in [2.05, 4.69) is 4.98 Å². The summed E-state index contributed by atoms with van der Waals surface area (Å²) in [6, 6.07) is 7.17. The Bertz CT molecular complexity index is 575. The van der Waals surface area contributed by atoms with Crippen LogP contribution < -0.4 is 0 Å². The van der Waals surface area contributed by atoms with Gasteiger partial charge >= 0.3 is 5.97 Å². The number of benzene rings is 1. The highest BCUT2D eigenvalue weighted by Gasteiger charge is 2.11. The third-order valence-electron chi connectivity index (χ3n) is 2.55. The molecule has 5 nitrogen and oxygen atoms in total. The number of hydrogen-bond donors (Lipinski definition) is 0. The number of hydrogen-bond acceptors (Lipinski definition) is 4. The maximum Gasteiger partial charge on any atom is 0.338 e. The molecule has 92 valence electrons. The Morgan fingerprint density at radius 2 is 2.22 bits per heavy atom. The van der Waals surface area contributed by atoms with Crippen molar-refractivity contribution in [2.24, 2.45) is 0 Å². The normalized spacial score (nSPS) is 10.1. The van der Waals surface area contributed by atoms with E-state index < -0.39 is 0 Å². The molecule has 2 rings (SSSR count). The summed E-state index contributed by atoms with van der Waals surface area (Å²) in [4.78, 5) is 26.0. The number of carbonyl (C=O) groups is 2. The van der Waals surface area contributed by atoms with Crippen molar-refractivity contribution >= 4 is 12.3 Å². The Morgan fingerprint density at radius 1 is 1.44 bits per heavy atom. The molecule has 0 atom stereocenters. The summed E-state index contributed by atoms with van der Waals surface area (Å²) >= 11 is 0. The van der Waals surface area contributed by atoms with Gasteiger partial charge in [0.2, 0.25) is 0 Å². The minimum Gasteiger partial charge on any atom is -0.465 e. The van der Waals surface area contributed by atoms with Crippen molar-refractivity contribution in [3.8, 4) is 0 Å². The molecule has 0 aliphatic heterocycles. The summed E-state index contributed by atoms with van der Waals surface area (Å²) in [5, 5.41) is 0. The molecule has 2 aromatic rings. The van der Waals surface area contributed by atoms with E-state index in [1.165, 1.54) is 7.11 Å². The van der Waals surface area contributed by atoms with Crippen LogP contribution in [0, 0.1) is 0 Å². The Balaban J connectivity index is 2.28. The van der Waals surface area contributed by atoms with E-state index in [0.29, 0.717) is 24.1 Å². The monoisotopic (exact) mass is 244 g/mol. The number of ether oxygens (including phenoxy) is 1. The minimum absolute atomic E-state index is 0.366. The average molecular weight is 244 g/mol. The van der Waals surface area contributed by atoms with Gasteiger partial charge in [-0.25, -0.2) is 9.78 Å². The van der Waals surface area contributed by atoms with Crippen LogP contribution in [0.4, 0.5) is 0 Å². The lowest BCUT2D eigenvalue weighted by Gasteiger charge is -2.07. The number of carbonyl (C=O) groups excluding carboxylic acids is 2. The third-order valence-corrected chi connectivity index (χ3v) is 2.55. The van der Waals surface area contributed by atoms with Gasteiger partial charge in [-0.2, -0.15) is 0 Å². The second kappa shape index (κ2) is 5.27. The number of esters is 1. The summed E-state index contributed by atoms with van der Waals surface area (Å²) in [5.41, 5.74) is 1.70. The molecule has 1 heterocycles. The maximum atomic E-state index is 11.6. The fraction of sp³-hybridized carbons (Fsp3) is 0.154. The van der Waals surface area contributed by atoms with Gasteiger partial charge in [0.15, 0.2) is 6.29 Å². The topological polar surface area (TPSA) is 61.2 Å². The Kier molecular flexibility index (Phi) is 3.52. The second-order valence-corrected chi connectivity index (χ2v) is 3.74. The molecule has 18 heavy (non-hydrogen) atoms. The third kappa shape index (κ3) is 2.45. The predicted molar refractivity (Wildman–Crippen MR) is 64.5 cm³/mol. The number of methoxy groups -OCH3 is 1. The molecule has 0 amide bonds. The molecule has 0 aliphatic rings. The number of aldehydes is 1. The number of nitrogens with zero attached hydrogens (tertiary/aromatic N) is 2. The van der Waals surface area contributed by atoms with Crippen molar-refractivity contribution in [2.45, 2.75) is 6.54 Å². The first kappa shape index (κ1) is 12.0. The van der Waals surface area contributed by atoms with Crippen LogP contribution in [-0.4, -0.2) is 28.9 Å². The molecule has 0 N–H and O–H groups in total. The standard InChI is InChI=1S/C13H12N2O3/c1-18-13(17)12-5-3-2-4-10(12)6-15-7-11(8-16)14-9-15/h2-5,7-9H,6H2,1H3. The Hall–Kier alpha value is -2.43. The molecular weight excluding hydrogens is 232 g/mol. The van der Waals surface area contributed by atoms with Gasteiger partial charge in [-0.15, -0.1) is 0 Å². The molecule has 0 bridgehead atoms. The van der Waals surface area contributed by atoms with Gasteiger partial charge in [-0.1, -0.05) is 18.2 Å². The van der Waals surface area contributed by atoms with Gasteiger partial charge < -0.3 is 9.30 Å². The fourth-order valence-corrected chi connectivity index (χ4v) is 1.69. The summed E-state index contributed by atoms with van der Waals surface area (Å²) in [7, 11) is 1.35. The number of rotatable bonds is 4. The molecule has 0 saturated carbocycles. The molecule has 0 fully saturated rings. The zero-order chi connectivity index (χ0) is 13.0. The van der Waals surface area contributed by atoms with Gasteiger partial charge in [-0.3, -0.25) is 4.79 Å². The van der Waals surface area contributed by atoms with Gasteiger partial charge in [-0.05, 0) is 11.6 Å². The van der Waals surface area contributed by atoms with Crippen molar-refractivity contribution in [1.29, 1.82) is 0 Å². The van der Waals surface area contributed by atoms with Gasteiger partial charge in [0.1, 0.15) is 5.69 Å². The summed E-state index contributed by atoms with van der Waals surface area (Å²) in [6.45, 7) is 0.464. The number of imidazole rings is 1. The van der Waals surface area contributed by atoms with E-state index in [9.17, 15) is 9.59 Å². The summed E-state index contributed by atoms with van der Waals surface area (Å²) < 4.78 is 6.46. The van der Waals surface area contributed by atoms with Crippen LogP contribution in [0.5, 0.6) is 0 Å². The van der Waals surface area contributed by atoms with Gasteiger partial charge in [0.05, 0.1) is 19.0 Å². The van der Waals surface area contributed by atoms with E-state index in [1.807, 2.05) is 12.1 Å². The largest absolute Gasteiger partial charge is 0.465 e. The lowest BCUT2D eigenvalue weighted by atomic mass is 10.1. The lowest BCUT2D eigenvalue weighted by molar-refractivity contribution is 0.0599. The van der Waals surface area contributed by atoms with Gasteiger partial charge in [0, 0.05) is 12.7 Å². The quantitative estimate of drug-likeness (QED) is 0.604. The summed E-state index contributed by atoms with van der Waals surface area (Å²) in [6.07, 6.45) is 3.86. The molecule has 1 aromatic heterocycles. The molecule has 1 aromatic carbocycles. The highest BCUT2D eigenvalue weighted by Crippen LogP contribution is 2.12. The number of aromatic nitrogens is 2. The maximum absolute atomic E-state index is 11.6. The molecule has 0 radical (unpaired) electrons. The smallest absolute Gasteiger partial charge is 0.338 e. The van der Waals surface area contributed by atoms with E-state index in [4.69, 9.17) is 4.74 Å². The van der Waals surface area contributed by atoms with Crippen LogP contribution in [-0.2, 0) is 11.3 Å². The van der Waals surface area contributed by atoms with E-state index in [0.717, 1.165) is 5.56 Å². The van der Waals surface area contributed by atoms with Crippen LogP contribution in [0.2, 0.25) is 0 Å². The van der Waals surface area contributed by atoms with Crippen molar-refractivity contribution < 1.29 is 14.3 Å². The first-order chi connectivity index (χ1) is 8.74. The van der Waals surface area contributed by atoms with Crippen LogP contribution >= 0.6 is 0 Å². The zero-order valence-corrected chi connectivity index (χ0v) is 9.87. The highest BCUT2D eigenvalue weighted by molar-refractivity contribution is 5.90. The van der Waals surface area contributed by atoms with Crippen molar-refractivity contribution in [3.05, 3.63) is 53.6 Å². The van der Waals surface area contributed by atoms with Crippen LogP contribution in [0.15, 0.2) is 36.8 Å². The summed E-state index contributed by atoms with van der Waals surface area (Å²) in [5.74, 6) is -0.374. The lowest BCUT2D eigenvalue weighted by Crippen LogP contribution is -2.08. The van der Waals surface area contributed by atoms with E-state index >= 15 is 0 Å². The minimum atomic E-state index is -0.374. The molecule has 0 unspecified atom stereocenters. The van der Waals surface area contributed by atoms with Crippen molar-refractivity contribution in [1.82, 2.24) is 9.55 Å². The van der Waals surface area contributed by atoms with Crippen LogP contribution in [0.25, 0.3) is 0 Å². The zero-order valence-electron chi connectivity index (χ0n) is 9.87. The second-order valence-electron chi connectivity index (χ2n) is 3.74. The van der Waals surface area contributed by atoms with E-state index in [1.54, 1.807) is 29.2 Å². The van der Waals surface area contributed by atoms with Gasteiger partial charge in [0.25, 0.3) is 0 Å². The Labute approximate surface area is 104 Å². The first-order valence-electron chi connectivity index (χ1n) is 5.37. The molecule has 0 spiro atoms. The fourth-order valence-electron chi connectivity index (χ4n) is 1.69. The van der Waals surface area contributed by atoms with E-state index in [-0.39, 0.29) is 5.97 Å². The Morgan fingerprint density at radius 3 is 2.89 bits per heavy atom. The van der Waals surface area contributed by atoms with Crippen LogP contribution in [0.3, 0.4) is 0 Å². The average Bonchev–Trinajstić information content (AvgIpc) is 2.86. The molecule has 5 heteroatoms. The predicted octanol–water partition coefficient (Wildman–Crippen LogP) is 1.53. The first-order valence-corrected chi connectivity index (χ1v) is 5.37. The van der Waals surface area contributed by atoms with Crippen LogP contribution in [0.1, 0.15) is 26.4 Å². The molecule has 0 aliphatic carbocycles. The molecule has 0 saturated heterocycles. The SMILES string of the molecule is COC(=O)c1ccccc1Cn1cnc(C=O)c1. The highest BCUT2D eigenvalue weighted by atomic mass is 16.5. The molecular formula is C13H12N2O3. The van der Waals surface area contributed by atoms with Crippen molar-refractivity contribution in [2.75, 3.05) is 7.11 Å². The van der Waals surface area contributed by atoms with Crippen molar-refractivity contribution in [3.63, 3.8) is 0 Å².